The van der Waals surface area contributed by atoms with Gasteiger partial charge in [0.25, 0.3) is 0 Å². The molecule has 0 bridgehead atoms. The predicted molar refractivity (Wildman–Crippen MR) is 75.5 cm³/mol. The van der Waals surface area contributed by atoms with Gasteiger partial charge in [0.05, 0.1) is 0 Å². The molecule has 1 aromatic rings. The van der Waals surface area contributed by atoms with Crippen molar-refractivity contribution in [2.75, 3.05) is 19.6 Å². The molecule has 1 aliphatic heterocycles. The second-order valence-electron chi connectivity index (χ2n) is 5.17. The van der Waals surface area contributed by atoms with Gasteiger partial charge in [0.2, 0.25) is 0 Å². The van der Waals surface area contributed by atoms with Gasteiger partial charge in [-0.15, -0.1) is 0 Å². The zero-order valence-electron chi connectivity index (χ0n) is 11.4. The highest BCUT2D eigenvalue weighted by Gasteiger charge is 2.27. The normalized spacial score (nSPS) is 18.0. The molecule has 0 aliphatic carbocycles. The van der Waals surface area contributed by atoms with E-state index in [0.29, 0.717) is 19.6 Å². The molecule has 20 heavy (non-hydrogen) atoms. The molecular weight excluding hydrogens is 256 g/mol. The van der Waals surface area contributed by atoms with Crippen molar-refractivity contribution in [3.8, 4) is 0 Å². The lowest BCUT2D eigenvalue weighted by atomic mass is 10.1. The Bertz CT molecular complexity index is 461. The molecule has 2 rings (SSSR count). The first-order valence-electron chi connectivity index (χ1n) is 6.93. The van der Waals surface area contributed by atoms with E-state index in [1.54, 1.807) is 4.90 Å². The van der Waals surface area contributed by atoms with Crippen LogP contribution in [0.1, 0.15) is 18.4 Å². The van der Waals surface area contributed by atoms with Gasteiger partial charge >= 0.3 is 12.0 Å². The summed E-state index contributed by atoms with van der Waals surface area (Å²) < 4.78 is 0. The van der Waals surface area contributed by atoms with Crippen molar-refractivity contribution in [1.29, 1.82) is 0 Å². The second kappa shape index (κ2) is 6.93. The van der Waals surface area contributed by atoms with Crippen LogP contribution in [0, 0.1) is 5.92 Å². The average molecular weight is 276 g/mol. The molecule has 0 spiro atoms. The Labute approximate surface area is 118 Å². The number of nitrogens with one attached hydrogen (secondary N) is 1. The highest BCUT2D eigenvalue weighted by Crippen LogP contribution is 2.19. The topological polar surface area (TPSA) is 69.6 Å². The Morgan fingerprint density at radius 2 is 2.05 bits per heavy atom. The van der Waals surface area contributed by atoms with Crippen LogP contribution in [0.4, 0.5) is 4.79 Å². The molecule has 1 saturated heterocycles. The molecule has 0 radical (unpaired) electrons. The van der Waals surface area contributed by atoms with Crippen molar-refractivity contribution in [2.45, 2.75) is 19.3 Å². The van der Waals surface area contributed by atoms with Crippen LogP contribution in [0.15, 0.2) is 30.3 Å². The number of hydrogen-bond donors (Lipinski definition) is 2. The number of likely N-dealkylation sites (tertiary alicyclic amines) is 1. The quantitative estimate of drug-likeness (QED) is 0.860. The van der Waals surface area contributed by atoms with Gasteiger partial charge in [-0.1, -0.05) is 30.3 Å². The fourth-order valence-corrected chi connectivity index (χ4v) is 2.50. The van der Waals surface area contributed by atoms with Crippen molar-refractivity contribution in [1.82, 2.24) is 10.2 Å². The van der Waals surface area contributed by atoms with Gasteiger partial charge in [-0.2, -0.15) is 0 Å². The van der Waals surface area contributed by atoms with Gasteiger partial charge in [0.1, 0.15) is 0 Å². The number of benzene rings is 1. The third kappa shape index (κ3) is 4.26. The molecule has 0 aromatic heterocycles. The van der Waals surface area contributed by atoms with Crippen LogP contribution in [0.5, 0.6) is 0 Å². The SMILES string of the molecule is O=C(O)CC1CCN(C(=O)NCCc2ccccc2)C1. The maximum absolute atomic E-state index is 11.9. The monoisotopic (exact) mass is 276 g/mol. The fourth-order valence-electron chi connectivity index (χ4n) is 2.50. The van der Waals surface area contributed by atoms with Gasteiger partial charge < -0.3 is 15.3 Å². The number of aliphatic carboxylic acids is 1. The van der Waals surface area contributed by atoms with Crippen LogP contribution < -0.4 is 5.32 Å². The lowest BCUT2D eigenvalue weighted by Crippen LogP contribution is -2.39. The van der Waals surface area contributed by atoms with E-state index in [2.05, 4.69) is 5.32 Å². The number of carboxylic acids is 1. The minimum absolute atomic E-state index is 0.0891. The van der Waals surface area contributed by atoms with Gasteiger partial charge in [0.15, 0.2) is 0 Å². The summed E-state index contributed by atoms with van der Waals surface area (Å²) in [5, 5.41) is 11.6. The lowest BCUT2D eigenvalue weighted by molar-refractivity contribution is -0.138. The van der Waals surface area contributed by atoms with Crippen molar-refractivity contribution < 1.29 is 14.7 Å². The first-order chi connectivity index (χ1) is 9.65. The summed E-state index contributed by atoms with van der Waals surface area (Å²) in [6, 6.07) is 9.90. The molecule has 1 fully saturated rings. The van der Waals surface area contributed by atoms with Gasteiger partial charge in [-0.05, 0) is 24.3 Å². The van der Waals surface area contributed by atoms with Crippen LogP contribution in [-0.4, -0.2) is 41.6 Å². The van der Waals surface area contributed by atoms with Crippen molar-refractivity contribution in [3.63, 3.8) is 0 Å². The summed E-state index contributed by atoms with van der Waals surface area (Å²) >= 11 is 0. The van der Waals surface area contributed by atoms with E-state index in [9.17, 15) is 9.59 Å². The van der Waals surface area contributed by atoms with E-state index in [-0.39, 0.29) is 18.4 Å². The molecule has 5 heteroatoms. The highest BCUT2D eigenvalue weighted by atomic mass is 16.4. The third-order valence-electron chi connectivity index (χ3n) is 3.57. The number of carboxylic acid groups (broad SMARTS) is 1. The number of carbonyl (C=O) groups excluding carboxylic acids is 1. The number of carbonyl (C=O) groups is 2. The summed E-state index contributed by atoms with van der Waals surface area (Å²) in [6.07, 6.45) is 1.73. The number of rotatable bonds is 5. The summed E-state index contributed by atoms with van der Waals surface area (Å²) in [6.45, 7) is 1.79. The van der Waals surface area contributed by atoms with Crippen molar-refractivity contribution >= 4 is 12.0 Å². The standard InChI is InChI=1S/C15H20N2O3/c18-14(19)10-13-7-9-17(11-13)15(20)16-8-6-12-4-2-1-3-5-12/h1-5,13H,6-11H2,(H,16,20)(H,18,19). The average Bonchev–Trinajstić information content (AvgIpc) is 2.87. The van der Waals surface area contributed by atoms with E-state index in [1.807, 2.05) is 30.3 Å². The largest absolute Gasteiger partial charge is 0.481 e. The van der Waals surface area contributed by atoms with E-state index >= 15 is 0 Å². The minimum atomic E-state index is -0.790. The molecule has 0 saturated carbocycles. The van der Waals surface area contributed by atoms with E-state index in [0.717, 1.165) is 12.8 Å². The van der Waals surface area contributed by atoms with Crippen LogP contribution in [0.3, 0.4) is 0 Å². The summed E-state index contributed by atoms with van der Waals surface area (Å²) in [7, 11) is 0. The van der Waals surface area contributed by atoms with E-state index in [1.165, 1.54) is 5.56 Å². The van der Waals surface area contributed by atoms with E-state index in [4.69, 9.17) is 5.11 Å². The summed E-state index contributed by atoms with van der Waals surface area (Å²) in [4.78, 5) is 24.3. The number of urea groups is 1. The number of hydrogen-bond acceptors (Lipinski definition) is 2. The molecule has 2 N–H and O–H groups in total. The third-order valence-corrected chi connectivity index (χ3v) is 3.57. The van der Waals surface area contributed by atoms with E-state index < -0.39 is 5.97 Å². The number of nitrogens with zero attached hydrogens (tertiary/aromatic N) is 1. The maximum atomic E-state index is 11.9. The Balaban J connectivity index is 1.69. The van der Waals surface area contributed by atoms with Crippen LogP contribution in [-0.2, 0) is 11.2 Å². The zero-order chi connectivity index (χ0) is 14.4. The smallest absolute Gasteiger partial charge is 0.317 e. The van der Waals surface area contributed by atoms with Gasteiger partial charge in [-0.25, -0.2) is 4.79 Å². The molecule has 1 aliphatic rings. The van der Waals surface area contributed by atoms with Crippen LogP contribution in [0.2, 0.25) is 0 Å². The molecular formula is C15H20N2O3. The molecule has 1 unspecified atom stereocenters. The maximum Gasteiger partial charge on any atom is 0.317 e. The first-order valence-corrected chi connectivity index (χ1v) is 6.93. The predicted octanol–water partition coefficient (Wildman–Crippen LogP) is 1.74. The van der Waals surface area contributed by atoms with Crippen LogP contribution >= 0.6 is 0 Å². The fraction of sp³-hybridized carbons (Fsp3) is 0.467. The van der Waals surface area contributed by atoms with Crippen LogP contribution in [0.25, 0.3) is 0 Å². The summed E-state index contributed by atoms with van der Waals surface area (Å²) in [5.41, 5.74) is 1.19. The Morgan fingerprint density at radius 3 is 2.75 bits per heavy atom. The van der Waals surface area contributed by atoms with Crippen molar-refractivity contribution in [2.24, 2.45) is 5.92 Å². The van der Waals surface area contributed by atoms with Gasteiger partial charge in [0, 0.05) is 26.1 Å². The van der Waals surface area contributed by atoms with Gasteiger partial charge in [-0.3, -0.25) is 4.79 Å². The zero-order valence-corrected chi connectivity index (χ0v) is 11.4. The Morgan fingerprint density at radius 1 is 1.30 bits per heavy atom. The number of amides is 2. The lowest BCUT2D eigenvalue weighted by Gasteiger charge is -2.17. The molecule has 2 amide bonds. The molecule has 5 nitrogen and oxygen atoms in total. The molecule has 108 valence electrons. The molecule has 1 atom stereocenters. The Hall–Kier alpha value is -2.04. The minimum Gasteiger partial charge on any atom is -0.481 e. The second-order valence-corrected chi connectivity index (χ2v) is 5.17. The van der Waals surface area contributed by atoms with Crippen molar-refractivity contribution in [3.05, 3.63) is 35.9 Å². The summed E-state index contributed by atoms with van der Waals surface area (Å²) in [5.74, 6) is -0.700. The highest BCUT2D eigenvalue weighted by molar-refractivity contribution is 5.74. The first kappa shape index (κ1) is 14.4. The molecule has 1 heterocycles. The Kier molecular flexibility index (Phi) is 4.98. The molecule has 1 aromatic carbocycles.